The van der Waals surface area contributed by atoms with Crippen LogP contribution in [0.15, 0.2) is 18.2 Å². The van der Waals surface area contributed by atoms with Crippen molar-refractivity contribution in [3.63, 3.8) is 0 Å². The Morgan fingerprint density at radius 3 is 2.52 bits per heavy atom. The summed E-state index contributed by atoms with van der Waals surface area (Å²) in [7, 11) is 0. The van der Waals surface area contributed by atoms with Gasteiger partial charge in [0.25, 0.3) is 5.91 Å². The van der Waals surface area contributed by atoms with Gasteiger partial charge in [0.05, 0.1) is 11.0 Å². The fraction of sp³-hybridized carbons (Fsp3) is 0.579. The van der Waals surface area contributed by atoms with E-state index in [0.717, 1.165) is 30.3 Å². The minimum Gasteiger partial charge on any atom is -0.349 e. The van der Waals surface area contributed by atoms with Crippen LogP contribution in [0.3, 0.4) is 0 Å². The summed E-state index contributed by atoms with van der Waals surface area (Å²) in [6.45, 7) is 3.86. The normalized spacial score (nSPS) is 19.6. The summed E-state index contributed by atoms with van der Waals surface area (Å²) in [5.74, 6) is -1.00. The highest BCUT2D eigenvalue weighted by molar-refractivity contribution is 5.97. The maximum atomic E-state index is 13.3. The molecule has 2 unspecified atom stereocenters. The van der Waals surface area contributed by atoms with Crippen LogP contribution in [0.1, 0.15) is 61.8 Å². The lowest BCUT2D eigenvalue weighted by atomic mass is 9.84. The number of hydrogen-bond acceptors (Lipinski definition) is 3. The molecule has 0 radical (unpaired) electrons. The molecule has 0 bridgehead atoms. The number of rotatable bonds is 4. The molecular weight excluding hydrogens is 428 g/mol. The first-order chi connectivity index (χ1) is 12.7. The first-order valence-corrected chi connectivity index (χ1v) is 9.32. The Balaban J connectivity index is 0.00000210. The molecule has 2 aromatic rings. The third-order valence-electron chi connectivity index (χ3n) is 5.25. The van der Waals surface area contributed by atoms with Gasteiger partial charge in [-0.05, 0) is 57.4 Å². The highest BCUT2D eigenvalue weighted by atomic mass is 35.5. The second-order valence-electron chi connectivity index (χ2n) is 7.46. The summed E-state index contributed by atoms with van der Waals surface area (Å²) in [5.41, 5.74) is 6.65. The van der Waals surface area contributed by atoms with Crippen LogP contribution in [0.25, 0.3) is 11.0 Å². The zero-order chi connectivity index (χ0) is 19.8. The molecule has 1 amide bonds. The second kappa shape index (κ2) is 10.00. The highest BCUT2D eigenvalue weighted by Crippen LogP contribution is 2.34. The molecule has 1 heterocycles. The van der Waals surface area contributed by atoms with Gasteiger partial charge in [0.2, 0.25) is 5.82 Å². The molecule has 2 atom stereocenters. The van der Waals surface area contributed by atoms with Crippen LogP contribution in [-0.2, 0) is 6.18 Å². The van der Waals surface area contributed by atoms with Crippen LogP contribution in [0.2, 0.25) is 0 Å². The lowest BCUT2D eigenvalue weighted by Gasteiger charge is -2.31. The van der Waals surface area contributed by atoms with Crippen LogP contribution < -0.4 is 11.1 Å². The topological polar surface area (TPSA) is 72.9 Å². The molecule has 1 fully saturated rings. The minimum atomic E-state index is -4.55. The number of alkyl halides is 3. The summed E-state index contributed by atoms with van der Waals surface area (Å²) >= 11 is 0. The van der Waals surface area contributed by atoms with E-state index in [1.807, 2.05) is 0 Å². The SMILES string of the molecule is CC(C)n1c(C(F)(F)F)nc2cc(C(=O)NC3CCCCC3CN)ccc21.Cl.Cl. The number of aromatic nitrogens is 2. The molecule has 1 aliphatic rings. The van der Waals surface area contributed by atoms with Crippen molar-refractivity contribution in [3.05, 3.63) is 29.6 Å². The number of hydrogen-bond donors (Lipinski definition) is 2. The molecule has 0 spiro atoms. The quantitative estimate of drug-likeness (QED) is 0.701. The molecule has 164 valence electrons. The fourth-order valence-electron chi connectivity index (χ4n) is 3.89. The Hall–Kier alpha value is -1.51. The zero-order valence-electron chi connectivity index (χ0n) is 16.3. The number of nitrogens with one attached hydrogen (secondary N) is 1. The summed E-state index contributed by atoms with van der Waals surface area (Å²) in [5, 5.41) is 3.00. The molecule has 5 nitrogen and oxygen atoms in total. The Morgan fingerprint density at radius 2 is 1.93 bits per heavy atom. The monoisotopic (exact) mass is 454 g/mol. The van der Waals surface area contributed by atoms with E-state index in [-0.39, 0.29) is 48.2 Å². The van der Waals surface area contributed by atoms with E-state index >= 15 is 0 Å². The van der Waals surface area contributed by atoms with Gasteiger partial charge in [-0.2, -0.15) is 13.2 Å². The van der Waals surface area contributed by atoms with Crippen molar-refractivity contribution in [2.24, 2.45) is 11.7 Å². The Labute approximate surface area is 180 Å². The van der Waals surface area contributed by atoms with Crippen LogP contribution >= 0.6 is 24.8 Å². The third-order valence-corrected chi connectivity index (χ3v) is 5.25. The zero-order valence-corrected chi connectivity index (χ0v) is 18.0. The summed E-state index contributed by atoms with van der Waals surface area (Å²) in [6.07, 6.45) is -0.562. The average molecular weight is 455 g/mol. The number of nitrogens with two attached hydrogens (primary N) is 1. The number of benzene rings is 1. The number of halogens is 5. The van der Waals surface area contributed by atoms with Gasteiger partial charge >= 0.3 is 6.18 Å². The number of amides is 1. The first-order valence-electron chi connectivity index (χ1n) is 9.32. The lowest BCUT2D eigenvalue weighted by Crippen LogP contribution is -2.44. The van der Waals surface area contributed by atoms with Gasteiger partial charge in [-0.15, -0.1) is 24.8 Å². The molecule has 10 heteroatoms. The lowest BCUT2D eigenvalue weighted by molar-refractivity contribution is -0.147. The van der Waals surface area contributed by atoms with Gasteiger partial charge in [0, 0.05) is 17.6 Å². The van der Waals surface area contributed by atoms with Gasteiger partial charge in [-0.3, -0.25) is 4.79 Å². The van der Waals surface area contributed by atoms with Gasteiger partial charge < -0.3 is 15.6 Å². The maximum Gasteiger partial charge on any atom is 0.449 e. The van der Waals surface area contributed by atoms with Crippen molar-refractivity contribution in [1.29, 1.82) is 0 Å². The largest absolute Gasteiger partial charge is 0.449 e. The van der Waals surface area contributed by atoms with E-state index < -0.39 is 18.0 Å². The smallest absolute Gasteiger partial charge is 0.349 e. The van der Waals surface area contributed by atoms with E-state index in [2.05, 4.69) is 10.3 Å². The Morgan fingerprint density at radius 1 is 1.28 bits per heavy atom. The first kappa shape index (κ1) is 25.5. The van der Waals surface area contributed by atoms with Gasteiger partial charge in [0.1, 0.15) is 0 Å². The molecule has 3 N–H and O–H groups in total. The Bertz CT molecular complexity index is 839. The molecule has 3 rings (SSSR count). The van der Waals surface area contributed by atoms with Crippen molar-refractivity contribution in [2.45, 2.75) is 57.8 Å². The van der Waals surface area contributed by atoms with Gasteiger partial charge in [-0.1, -0.05) is 12.8 Å². The molecular formula is C19H27Cl2F3N4O. The molecule has 1 aliphatic carbocycles. The predicted octanol–water partition coefficient (Wildman–Crippen LogP) is 4.73. The molecule has 0 aliphatic heterocycles. The number of carbonyl (C=O) groups is 1. The molecule has 1 saturated carbocycles. The predicted molar refractivity (Wildman–Crippen MR) is 112 cm³/mol. The molecule has 1 aromatic carbocycles. The van der Waals surface area contributed by atoms with Crippen molar-refractivity contribution in [1.82, 2.24) is 14.9 Å². The van der Waals surface area contributed by atoms with Crippen molar-refractivity contribution < 1.29 is 18.0 Å². The van der Waals surface area contributed by atoms with E-state index in [1.54, 1.807) is 19.9 Å². The molecule has 29 heavy (non-hydrogen) atoms. The number of carbonyl (C=O) groups excluding carboxylic acids is 1. The number of fused-ring (bicyclic) bond motifs is 1. The number of nitrogens with zero attached hydrogens (tertiary/aromatic N) is 2. The minimum absolute atomic E-state index is 0. The van der Waals surface area contributed by atoms with Crippen LogP contribution in [0.5, 0.6) is 0 Å². The summed E-state index contributed by atoms with van der Waals surface area (Å²) < 4.78 is 41.1. The van der Waals surface area contributed by atoms with Gasteiger partial charge in [-0.25, -0.2) is 4.98 Å². The average Bonchev–Trinajstić information content (AvgIpc) is 3.01. The van der Waals surface area contributed by atoms with E-state index in [1.165, 1.54) is 12.1 Å². The van der Waals surface area contributed by atoms with Crippen LogP contribution in [-0.4, -0.2) is 28.0 Å². The second-order valence-corrected chi connectivity index (χ2v) is 7.46. The van der Waals surface area contributed by atoms with E-state index in [4.69, 9.17) is 5.73 Å². The van der Waals surface area contributed by atoms with E-state index in [0.29, 0.717) is 17.6 Å². The highest BCUT2D eigenvalue weighted by Gasteiger charge is 2.38. The van der Waals surface area contributed by atoms with E-state index in [9.17, 15) is 18.0 Å². The maximum absolute atomic E-state index is 13.3. The fourth-order valence-corrected chi connectivity index (χ4v) is 3.89. The summed E-state index contributed by atoms with van der Waals surface area (Å²) in [4.78, 5) is 16.4. The molecule has 1 aromatic heterocycles. The van der Waals surface area contributed by atoms with Crippen LogP contribution in [0, 0.1) is 5.92 Å². The van der Waals surface area contributed by atoms with Crippen LogP contribution in [0.4, 0.5) is 13.2 Å². The third kappa shape index (κ3) is 5.35. The van der Waals surface area contributed by atoms with Crippen molar-refractivity contribution in [2.75, 3.05) is 6.54 Å². The van der Waals surface area contributed by atoms with Crippen molar-refractivity contribution in [3.8, 4) is 0 Å². The summed E-state index contributed by atoms with van der Waals surface area (Å²) in [6, 6.07) is 4.12. The van der Waals surface area contributed by atoms with Crippen molar-refractivity contribution >= 4 is 41.8 Å². The Kier molecular flexibility index (Phi) is 8.80. The standard InChI is InChI=1S/C19H25F3N4O.2ClH/c1-11(2)26-16-8-7-12(9-15(16)25-18(26)19(20,21)22)17(27)24-14-6-4-3-5-13(14)10-23;;/h7-9,11,13-14H,3-6,10,23H2,1-2H3,(H,24,27);2*1H. The van der Waals surface area contributed by atoms with Gasteiger partial charge in [0.15, 0.2) is 0 Å². The number of imidazole rings is 1. The molecule has 0 saturated heterocycles.